The molecule has 1 aromatic heterocycles. The van der Waals surface area contributed by atoms with Crippen LogP contribution in [-0.4, -0.2) is 21.7 Å². The van der Waals surface area contributed by atoms with E-state index in [1.165, 1.54) is 19.2 Å². The molecule has 2 unspecified atom stereocenters. The predicted molar refractivity (Wildman–Crippen MR) is 79.5 cm³/mol. The quantitative estimate of drug-likeness (QED) is 0.681. The summed E-state index contributed by atoms with van der Waals surface area (Å²) in [6.45, 7) is 2.87. The third kappa shape index (κ3) is 3.49. The fourth-order valence-electron chi connectivity index (χ4n) is 2.06. The molecule has 2 aromatic rings. The molecule has 0 radical (unpaired) electrons. The largest absolute Gasteiger partial charge is 0.459 e. The number of pyridine rings is 1. The van der Waals surface area contributed by atoms with E-state index < -0.39 is 23.4 Å². The molecule has 1 heterocycles. The second kappa shape index (κ2) is 6.66. The van der Waals surface area contributed by atoms with E-state index in [1.807, 2.05) is 30.3 Å². The molecule has 116 valence electrons. The van der Waals surface area contributed by atoms with Crippen LogP contribution >= 0.6 is 0 Å². The normalized spacial score (nSPS) is 14.9. The number of benzene rings is 1. The van der Waals surface area contributed by atoms with E-state index in [1.54, 1.807) is 13.0 Å². The lowest BCUT2D eigenvalue weighted by atomic mass is 9.85. The number of hydrogen-bond donors (Lipinski definition) is 1. The van der Waals surface area contributed by atoms with Crippen LogP contribution in [0.2, 0.25) is 0 Å². The number of aromatic nitrogens is 1. The highest BCUT2D eigenvalue weighted by atomic mass is 19.1. The second-order valence-corrected chi connectivity index (χ2v) is 5.31. The molecule has 0 aliphatic rings. The summed E-state index contributed by atoms with van der Waals surface area (Å²) >= 11 is 0. The first-order valence-electron chi connectivity index (χ1n) is 6.97. The number of ether oxygens (including phenoxy) is 1. The molecular weight excluding hydrogens is 285 g/mol. The van der Waals surface area contributed by atoms with Crippen LogP contribution in [0.1, 0.15) is 30.9 Å². The molecule has 22 heavy (non-hydrogen) atoms. The molecule has 0 saturated heterocycles. The van der Waals surface area contributed by atoms with E-state index in [0.29, 0.717) is 0 Å². The number of rotatable bonds is 5. The average Bonchev–Trinajstić information content (AvgIpc) is 2.53. The van der Waals surface area contributed by atoms with Gasteiger partial charge in [-0.2, -0.15) is 4.39 Å². The summed E-state index contributed by atoms with van der Waals surface area (Å²) in [5.74, 6) is -1.95. The maximum atomic E-state index is 13.4. The SMILES string of the molecule is CC(c1ccccc1)C(C)(O)C(=O)OCc1cccnc1F. The average molecular weight is 303 g/mol. The lowest BCUT2D eigenvalue weighted by Crippen LogP contribution is -2.41. The van der Waals surface area contributed by atoms with Crippen LogP contribution in [0.25, 0.3) is 0 Å². The van der Waals surface area contributed by atoms with Crippen LogP contribution in [0.15, 0.2) is 48.7 Å². The van der Waals surface area contributed by atoms with Gasteiger partial charge in [-0.15, -0.1) is 0 Å². The zero-order valence-electron chi connectivity index (χ0n) is 12.5. The van der Waals surface area contributed by atoms with E-state index in [2.05, 4.69) is 4.98 Å². The van der Waals surface area contributed by atoms with Gasteiger partial charge in [0.15, 0.2) is 5.60 Å². The Labute approximate surface area is 128 Å². The van der Waals surface area contributed by atoms with Crippen molar-refractivity contribution in [3.8, 4) is 0 Å². The van der Waals surface area contributed by atoms with Gasteiger partial charge in [-0.3, -0.25) is 0 Å². The highest BCUT2D eigenvalue weighted by Crippen LogP contribution is 2.29. The van der Waals surface area contributed by atoms with Gasteiger partial charge >= 0.3 is 5.97 Å². The van der Waals surface area contributed by atoms with Crippen LogP contribution in [0.4, 0.5) is 4.39 Å². The van der Waals surface area contributed by atoms with Crippen molar-refractivity contribution in [2.24, 2.45) is 0 Å². The summed E-state index contributed by atoms with van der Waals surface area (Å²) in [4.78, 5) is 15.6. The Morgan fingerprint density at radius 3 is 2.64 bits per heavy atom. The lowest BCUT2D eigenvalue weighted by Gasteiger charge is -2.28. The summed E-state index contributed by atoms with van der Waals surface area (Å²) in [5.41, 5.74) is -0.726. The first kappa shape index (κ1) is 16.1. The third-order valence-electron chi connectivity index (χ3n) is 3.75. The fourth-order valence-corrected chi connectivity index (χ4v) is 2.06. The molecule has 5 heteroatoms. The van der Waals surface area contributed by atoms with Crippen molar-refractivity contribution in [1.82, 2.24) is 4.98 Å². The first-order chi connectivity index (χ1) is 10.4. The maximum Gasteiger partial charge on any atom is 0.338 e. The molecule has 1 N–H and O–H groups in total. The molecule has 0 aliphatic heterocycles. The molecule has 4 nitrogen and oxygen atoms in total. The number of carbonyl (C=O) groups is 1. The Morgan fingerprint density at radius 2 is 2.00 bits per heavy atom. The number of carbonyl (C=O) groups excluding carboxylic acids is 1. The van der Waals surface area contributed by atoms with Gasteiger partial charge in [-0.05, 0) is 24.6 Å². The minimum atomic E-state index is -1.71. The lowest BCUT2D eigenvalue weighted by molar-refractivity contribution is -0.167. The minimum absolute atomic E-state index is 0.166. The van der Waals surface area contributed by atoms with Crippen LogP contribution in [0, 0.1) is 5.95 Å². The van der Waals surface area contributed by atoms with Crippen molar-refractivity contribution in [1.29, 1.82) is 0 Å². The zero-order chi connectivity index (χ0) is 16.2. The highest BCUT2D eigenvalue weighted by Gasteiger charge is 2.39. The number of halogens is 1. The van der Waals surface area contributed by atoms with Gasteiger partial charge in [-0.1, -0.05) is 37.3 Å². The van der Waals surface area contributed by atoms with Gasteiger partial charge in [0.2, 0.25) is 5.95 Å². The first-order valence-corrected chi connectivity index (χ1v) is 6.97. The van der Waals surface area contributed by atoms with Gasteiger partial charge in [0.1, 0.15) is 6.61 Å². The maximum absolute atomic E-state index is 13.4. The van der Waals surface area contributed by atoms with E-state index in [0.717, 1.165) is 5.56 Å². The molecule has 0 bridgehead atoms. The van der Waals surface area contributed by atoms with Gasteiger partial charge < -0.3 is 9.84 Å². The zero-order valence-corrected chi connectivity index (χ0v) is 12.5. The smallest absolute Gasteiger partial charge is 0.338 e. The number of hydrogen-bond acceptors (Lipinski definition) is 4. The van der Waals surface area contributed by atoms with Crippen LogP contribution in [0.5, 0.6) is 0 Å². The molecule has 0 amide bonds. The summed E-state index contributed by atoms with van der Waals surface area (Å²) < 4.78 is 18.4. The van der Waals surface area contributed by atoms with Gasteiger partial charge in [-0.25, -0.2) is 9.78 Å². The Morgan fingerprint density at radius 1 is 1.32 bits per heavy atom. The molecule has 2 atom stereocenters. The Kier molecular flexibility index (Phi) is 4.88. The van der Waals surface area contributed by atoms with Crippen LogP contribution < -0.4 is 0 Å². The standard InChI is InChI=1S/C17H18FNO3/c1-12(13-7-4-3-5-8-13)17(2,21)16(20)22-11-14-9-6-10-19-15(14)18/h3-10,12,21H,11H2,1-2H3. The monoisotopic (exact) mass is 303 g/mol. The van der Waals surface area contributed by atoms with Crippen LogP contribution in [0.3, 0.4) is 0 Å². The van der Waals surface area contributed by atoms with Crippen molar-refractivity contribution in [3.05, 3.63) is 65.7 Å². The highest BCUT2D eigenvalue weighted by molar-refractivity contribution is 5.80. The summed E-state index contributed by atoms with van der Waals surface area (Å²) in [6.07, 6.45) is 1.31. The van der Waals surface area contributed by atoms with E-state index in [4.69, 9.17) is 4.74 Å². The second-order valence-electron chi connectivity index (χ2n) is 5.31. The third-order valence-corrected chi connectivity index (χ3v) is 3.75. The number of nitrogens with zero attached hydrogens (tertiary/aromatic N) is 1. The van der Waals surface area contributed by atoms with E-state index in [-0.39, 0.29) is 12.2 Å². The summed E-state index contributed by atoms with van der Waals surface area (Å²) in [6, 6.07) is 12.2. The minimum Gasteiger partial charge on any atom is -0.459 e. The summed E-state index contributed by atoms with van der Waals surface area (Å²) in [5, 5.41) is 10.5. The van der Waals surface area contributed by atoms with Gasteiger partial charge in [0.05, 0.1) is 0 Å². The van der Waals surface area contributed by atoms with Crippen molar-refractivity contribution in [2.45, 2.75) is 32.0 Å². The predicted octanol–water partition coefficient (Wildman–Crippen LogP) is 2.82. The van der Waals surface area contributed by atoms with Gasteiger partial charge in [0, 0.05) is 17.7 Å². The summed E-state index contributed by atoms with van der Waals surface area (Å²) in [7, 11) is 0. The molecule has 2 rings (SSSR count). The topological polar surface area (TPSA) is 59.4 Å². The Balaban J connectivity index is 2.06. The fraction of sp³-hybridized carbons (Fsp3) is 0.294. The molecule has 1 aromatic carbocycles. The molecule has 0 aliphatic carbocycles. The van der Waals surface area contributed by atoms with E-state index in [9.17, 15) is 14.3 Å². The van der Waals surface area contributed by atoms with Crippen molar-refractivity contribution in [3.63, 3.8) is 0 Å². The molecular formula is C17H18FNO3. The van der Waals surface area contributed by atoms with Gasteiger partial charge in [0.25, 0.3) is 0 Å². The molecule has 0 spiro atoms. The van der Waals surface area contributed by atoms with Crippen molar-refractivity contribution < 1.29 is 19.0 Å². The Hall–Kier alpha value is -2.27. The number of aliphatic hydroxyl groups is 1. The van der Waals surface area contributed by atoms with Crippen molar-refractivity contribution >= 4 is 5.97 Å². The molecule has 0 fully saturated rings. The number of esters is 1. The van der Waals surface area contributed by atoms with Crippen LogP contribution in [-0.2, 0) is 16.1 Å². The van der Waals surface area contributed by atoms with E-state index >= 15 is 0 Å². The molecule has 0 saturated carbocycles. The van der Waals surface area contributed by atoms with Crippen molar-refractivity contribution in [2.75, 3.05) is 0 Å². The Bertz CT molecular complexity index is 643.